The van der Waals surface area contributed by atoms with E-state index in [4.69, 9.17) is 4.74 Å². The summed E-state index contributed by atoms with van der Waals surface area (Å²) in [6.45, 7) is 0.781. The maximum Gasteiger partial charge on any atom is 0.123 e. The number of hydrogen-bond acceptors (Lipinski definition) is 4. The Morgan fingerprint density at radius 3 is 2.44 bits per heavy atom. The van der Waals surface area contributed by atoms with Crippen molar-refractivity contribution in [2.45, 2.75) is 49.2 Å². The number of ether oxygens (including phenoxy) is 1. The van der Waals surface area contributed by atoms with Crippen LogP contribution in [0.4, 0.5) is 0 Å². The van der Waals surface area contributed by atoms with Crippen LogP contribution in [0.5, 0.6) is 5.75 Å². The molecule has 1 saturated carbocycles. The van der Waals surface area contributed by atoms with Crippen molar-refractivity contribution in [3.8, 4) is 16.9 Å². The van der Waals surface area contributed by atoms with Gasteiger partial charge in [0.1, 0.15) is 5.75 Å². The lowest BCUT2D eigenvalue weighted by molar-refractivity contribution is 0.315. The number of benzene rings is 2. The van der Waals surface area contributed by atoms with E-state index >= 15 is 0 Å². The smallest absolute Gasteiger partial charge is 0.123 e. The zero-order chi connectivity index (χ0) is 19.2. The summed E-state index contributed by atoms with van der Waals surface area (Å²) in [4.78, 5) is 0.868. The first-order chi connectivity index (χ1) is 13.1. The molecule has 0 aliphatic heterocycles. The fraction of sp³-hybridized carbons (Fsp3) is 0.455. The molecule has 0 amide bonds. The van der Waals surface area contributed by atoms with E-state index < -0.39 is 10.8 Å². The lowest BCUT2D eigenvalue weighted by Gasteiger charge is -2.29. The number of rotatable bonds is 7. The Bertz CT molecular complexity index is 786. The standard InChI is InChI=1S/C22H30N2O2S/c1-23-18-9-11-19(12-10-18)24-15-17-14-16(8-13-21(17)26-2)20-6-4-5-7-22(20)27(3)25/h4-8,13-14,18-19,23-24H,9-12,15H2,1-3H3. The summed E-state index contributed by atoms with van der Waals surface area (Å²) in [5.74, 6) is 0.894. The van der Waals surface area contributed by atoms with Gasteiger partial charge in [0.05, 0.1) is 17.9 Å². The van der Waals surface area contributed by atoms with Crippen molar-refractivity contribution < 1.29 is 8.95 Å². The fourth-order valence-electron chi connectivity index (χ4n) is 3.88. The predicted octanol–water partition coefficient (Wildman–Crippen LogP) is 3.72. The van der Waals surface area contributed by atoms with Crippen LogP contribution in [0, 0.1) is 0 Å². The maximum atomic E-state index is 12.1. The average Bonchev–Trinajstić information content (AvgIpc) is 2.72. The Kier molecular flexibility index (Phi) is 7.05. The van der Waals surface area contributed by atoms with Crippen LogP contribution in [-0.4, -0.2) is 36.7 Å². The van der Waals surface area contributed by atoms with E-state index in [9.17, 15) is 4.21 Å². The molecule has 1 aliphatic carbocycles. The molecule has 0 bridgehead atoms. The van der Waals surface area contributed by atoms with Gasteiger partial charge < -0.3 is 15.4 Å². The van der Waals surface area contributed by atoms with Gasteiger partial charge >= 0.3 is 0 Å². The van der Waals surface area contributed by atoms with Crippen molar-refractivity contribution >= 4 is 10.8 Å². The molecule has 0 aromatic heterocycles. The second-order valence-corrected chi connectivity index (χ2v) is 8.54. The number of hydrogen-bond donors (Lipinski definition) is 2. The van der Waals surface area contributed by atoms with Crippen molar-refractivity contribution in [3.05, 3.63) is 48.0 Å². The van der Waals surface area contributed by atoms with E-state index in [1.807, 2.05) is 36.4 Å². The maximum absolute atomic E-state index is 12.1. The second-order valence-electron chi connectivity index (χ2n) is 7.20. The van der Waals surface area contributed by atoms with Gasteiger partial charge in [-0.05, 0) is 62.1 Å². The minimum Gasteiger partial charge on any atom is -0.496 e. The Morgan fingerprint density at radius 2 is 1.78 bits per heavy atom. The minimum atomic E-state index is -1.02. The van der Waals surface area contributed by atoms with Gasteiger partial charge in [-0.2, -0.15) is 0 Å². The zero-order valence-corrected chi connectivity index (χ0v) is 17.3. The van der Waals surface area contributed by atoms with Crippen LogP contribution < -0.4 is 15.4 Å². The van der Waals surface area contributed by atoms with E-state index in [-0.39, 0.29) is 0 Å². The predicted molar refractivity (Wildman–Crippen MR) is 113 cm³/mol. The Morgan fingerprint density at radius 1 is 1.07 bits per heavy atom. The number of nitrogens with one attached hydrogen (secondary N) is 2. The fourth-order valence-corrected chi connectivity index (χ4v) is 4.65. The van der Waals surface area contributed by atoms with Gasteiger partial charge in [-0.15, -0.1) is 0 Å². The third-order valence-corrected chi connectivity index (χ3v) is 6.48. The van der Waals surface area contributed by atoms with Gasteiger partial charge in [-0.1, -0.05) is 24.3 Å². The van der Waals surface area contributed by atoms with Crippen molar-refractivity contribution in [2.24, 2.45) is 0 Å². The molecule has 0 heterocycles. The molecule has 5 heteroatoms. The first-order valence-corrected chi connectivity index (χ1v) is 11.2. The Hall–Kier alpha value is -1.69. The summed E-state index contributed by atoms with van der Waals surface area (Å²) in [6.07, 6.45) is 6.57. The monoisotopic (exact) mass is 386 g/mol. The first-order valence-electron chi connectivity index (χ1n) is 9.62. The van der Waals surface area contributed by atoms with Crippen molar-refractivity contribution in [1.82, 2.24) is 10.6 Å². The van der Waals surface area contributed by atoms with Crippen LogP contribution in [0.15, 0.2) is 47.4 Å². The van der Waals surface area contributed by atoms with Crippen LogP contribution in [0.2, 0.25) is 0 Å². The van der Waals surface area contributed by atoms with E-state index in [1.54, 1.807) is 13.4 Å². The van der Waals surface area contributed by atoms with E-state index in [0.717, 1.165) is 33.9 Å². The molecule has 2 aromatic carbocycles. The molecule has 146 valence electrons. The summed E-state index contributed by atoms with van der Waals surface area (Å²) < 4.78 is 17.7. The van der Waals surface area contributed by atoms with Crippen LogP contribution in [0.3, 0.4) is 0 Å². The third kappa shape index (κ3) is 4.98. The highest BCUT2D eigenvalue weighted by Gasteiger charge is 2.20. The quantitative estimate of drug-likeness (QED) is 0.761. The molecule has 1 unspecified atom stereocenters. The molecule has 0 saturated heterocycles. The SMILES string of the molecule is CNC1CCC(NCc2cc(-c3ccccc3S(C)=O)ccc2OC)CC1. The Labute approximate surface area is 165 Å². The van der Waals surface area contributed by atoms with Gasteiger partial charge in [0.15, 0.2) is 0 Å². The summed E-state index contributed by atoms with van der Waals surface area (Å²) >= 11 is 0. The molecule has 0 spiro atoms. The zero-order valence-electron chi connectivity index (χ0n) is 16.5. The first kappa shape index (κ1) is 20.1. The van der Waals surface area contributed by atoms with Gasteiger partial charge in [0, 0.05) is 35.3 Å². The summed E-state index contributed by atoms with van der Waals surface area (Å²) in [5.41, 5.74) is 3.25. The third-order valence-electron chi connectivity index (χ3n) is 5.50. The Balaban J connectivity index is 1.78. The van der Waals surface area contributed by atoms with Crippen molar-refractivity contribution in [3.63, 3.8) is 0 Å². The summed E-state index contributed by atoms with van der Waals surface area (Å²) in [7, 11) is 2.75. The van der Waals surface area contributed by atoms with Crippen LogP contribution in [-0.2, 0) is 17.3 Å². The number of methoxy groups -OCH3 is 1. The lowest BCUT2D eigenvalue weighted by Crippen LogP contribution is -2.38. The highest BCUT2D eigenvalue weighted by atomic mass is 32.2. The second kappa shape index (κ2) is 9.49. The van der Waals surface area contributed by atoms with E-state index in [2.05, 4.69) is 23.7 Å². The molecule has 4 nitrogen and oxygen atoms in total. The van der Waals surface area contributed by atoms with Gasteiger partial charge in [-0.3, -0.25) is 4.21 Å². The van der Waals surface area contributed by atoms with Crippen molar-refractivity contribution in [1.29, 1.82) is 0 Å². The normalized spacial score (nSPS) is 21.0. The van der Waals surface area contributed by atoms with Crippen LogP contribution in [0.25, 0.3) is 11.1 Å². The highest BCUT2D eigenvalue weighted by Crippen LogP contribution is 2.30. The molecule has 3 rings (SSSR count). The molecule has 2 N–H and O–H groups in total. The van der Waals surface area contributed by atoms with Crippen LogP contribution in [0.1, 0.15) is 31.2 Å². The molecule has 1 fully saturated rings. The van der Waals surface area contributed by atoms with Gasteiger partial charge in [-0.25, -0.2) is 0 Å². The molecule has 0 radical (unpaired) electrons. The van der Waals surface area contributed by atoms with Gasteiger partial charge in [0.25, 0.3) is 0 Å². The molecule has 2 aromatic rings. The van der Waals surface area contributed by atoms with Gasteiger partial charge in [0.2, 0.25) is 0 Å². The minimum absolute atomic E-state index is 0.554. The largest absolute Gasteiger partial charge is 0.496 e. The molecule has 27 heavy (non-hydrogen) atoms. The molecule has 1 aliphatic rings. The van der Waals surface area contributed by atoms with E-state index in [1.165, 1.54) is 25.7 Å². The van der Waals surface area contributed by atoms with E-state index in [0.29, 0.717) is 12.1 Å². The lowest BCUT2D eigenvalue weighted by atomic mass is 9.91. The topological polar surface area (TPSA) is 50.4 Å². The molecular weight excluding hydrogens is 356 g/mol. The van der Waals surface area contributed by atoms with Crippen molar-refractivity contribution in [2.75, 3.05) is 20.4 Å². The average molecular weight is 387 g/mol. The molecule has 1 atom stereocenters. The molecular formula is C22H30N2O2S. The van der Waals surface area contributed by atoms with Crippen LogP contribution >= 0.6 is 0 Å². The summed E-state index contributed by atoms with van der Waals surface area (Å²) in [6, 6.07) is 15.3. The highest BCUT2D eigenvalue weighted by molar-refractivity contribution is 7.84. The summed E-state index contributed by atoms with van der Waals surface area (Å²) in [5, 5.41) is 7.09.